The van der Waals surface area contributed by atoms with Gasteiger partial charge in [0.25, 0.3) is 0 Å². The molecule has 2 atom stereocenters. The minimum atomic E-state index is -3.76. The molecule has 8 heteroatoms. The number of aliphatic hydroxyl groups excluding tert-OH is 1. The van der Waals surface area contributed by atoms with Crippen molar-refractivity contribution in [3.05, 3.63) is 10.8 Å². The van der Waals surface area contributed by atoms with Crippen LogP contribution in [0.1, 0.15) is 31.4 Å². The molecule has 19 heavy (non-hydrogen) atoms. The summed E-state index contributed by atoms with van der Waals surface area (Å²) in [5, 5.41) is 13.9. The fourth-order valence-electron chi connectivity index (χ4n) is 2.42. The van der Waals surface area contributed by atoms with E-state index < -0.39 is 22.2 Å². The molecule has 0 radical (unpaired) electrons. The van der Waals surface area contributed by atoms with Crippen molar-refractivity contribution in [3.8, 4) is 0 Å². The van der Waals surface area contributed by atoms with Crippen molar-refractivity contribution in [1.29, 1.82) is 0 Å². The van der Waals surface area contributed by atoms with Crippen LogP contribution in [-0.4, -0.2) is 35.5 Å². The van der Waals surface area contributed by atoms with E-state index >= 15 is 0 Å². The molecule has 1 aliphatic rings. The van der Waals surface area contributed by atoms with Crippen LogP contribution in [-0.2, 0) is 17.1 Å². The highest BCUT2D eigenvalue weighted by atomic mass is 35.5. The van der Waals surface area contributed by atoms with Crippen LogP contribution in [0, 0.1) is 6.92 Å². The average molecular weight is 308 g/mol. The molecule has 0 bridgehead atoms. The maximum atomic E-state index is 12.3. The number of nitrogens with zero attached hydrogens (tertiary/aromatic N) is 2. The summed E-state index contributed by atoms with van der Waals surface area (Å²) in [6, 6.07) is -0.450. The van der Waals surface area contributed by atoms with Gasteiger partial charge in [0.1, 0.15) is 10.0 Å². The lowest BCUT2D eigenvalue weighted by Gasteiger charge is -2.28. The number of halogens is 1. The van der Waals surface area contributed by atoms with Crippen molar-refractivity contribution in [3.63, 3.8) is 0 Å². The summed E-state index contributed by atoms with van der Waals surface area (Å²) in [6.45, 7) is 1.59. The quantitative estimate of drug-likeness (QED) is 0.871. The number of sulfonamides is 1. The van der Waals surface area contributed by atoms with Crippen LogP contribution in [0.4, 0.5) is 0 Å². The molecule has 0 amide bonds. The summed E-state index contributed by atoms with van der Waals surface area (Å²) < 4.78 is 28.5. The van der Waals surface area contributed by atoms with E-state index in [4.69, 9.17) is 11.6 Å². The van der Waals surface area contributed by atoms with Gasteiger partial charge in [0.2, 0.25) is 10.0 Å². The van der Waals surface area contributed by atoms with Crippen LogP contribution >= 0.6 is 11.6 Å². The molecule has 2 rings (SSSR count). The van der Waals surface area contributed by atoms with Crippen LogP contribution in [0.15, 0.2) is 4.90 Å². The molecular formula is C11H18ClN3O3S. The van der Waals surface area contributed by atoms with Gasteiger partial charge in [-0.3, -0.25) is 4.68 Å². The third-order valence-corrected chi connectivity index (χ3v) is 5.59. The van der Waals surface area contributed by atoms with E-state index in [1.165, 1.54) is 4.68 Å². The van der Waals surface area contributed by atoms with Crippen LogP contribution < -0.4 is 4.72 Å². The first-order chi connectivity index (χ1) is 8.83. The Morgan fingerprint density at radius 1 is 1.42 bits per heavy atom. The number of hydrogen-bond acceptors (Lipinski definition) is 4. The molecule has 1 aromatic rings. The number of nitrogens with one attached hydrogen (secondary N) is 1. The summed E-state index contributed by atoms with van der Waals surface area (Å²) in [6.07, 6.45) is 2.44. The second kappa shape index (κ2) is 5.40. The zero-order valence-electron chi connectivity index (χ0n) is 10.9. The molecule has 108 valence electrons. The van der Waals surface area contributed by atoms with Gasteiger partial charge in [0.15, 0.2) is 0 Å². The fraction of sp³-hybridized carbons (Fsp3) is 0.727. The Labute approximate surface area is 117 Å². The molecule has 1 saturated carbocycles. The molecule has 0 aromatic carbocycles. The first kappa shape index (κ1) is 14.8. The normalized spacial score (nSPS) is 24.6. The predicted molar refractivity (Wildman–Crippen MR) is 71.5 cm³/mol. The van der Waals surface area contributed by atoms with Crippen molar-refractivity contribution in [2.75, 3.05) is 0 Å². The SMILES string of the molecule is Cc1nn(C)c(Cl)c1S(=O)(=O)NC1CCCCC1O. The summed E-state index contributed by atoms with van der Waals surface area (Å²) in [4.78, 5) is -0.00515. The van der Waals surface area contributed by atoms with Gasteiger partial charge < -0.3 is 5.11 Å². The van der Waals surface area contributed by atoms with Gasteiger partial charge >= 0.3 is 0 Å². The Kier molecular flexibility index (Phi) is 4.20. The van der Waals surface area contributed by atoms with Crippen LogP contribution in [0.3, 0.4) is 0 Å². The van der Waals surface area contributed by atoms with Crippen LogP contribution in [0.5, 0.6) is 0 Å². The zero-order valence-corrected chi connectivity index (χ0v) is 12.5. The molecular weight excluding hydrogens is 290 g/mol. The molecule has 1 aromatic heterocycles. The molecule has 0 spiro atoms. The molecule has 0 aliphatic heterocycles. The summed E-state index contributed by atoms with van der Waals surface area (Å²) >= 11 is 5.97. The third kappa shape index (κ3) is 2.94. The van der Waals surface area contributed by atoms with E-state index in [0.29, 0.717) is 18.5 Å². The Hall–Kier alpha value is -0.630. The predicted octanol–water partition coefficient (Wildman–Crippen LogP) is 0.964. The van der Waals surface area contributed by atoms with Crippen molar-refractivity contribution in [2.24, 2.45) is 7.05 Å². The van der Waals surface area contributed by atoms with Gasteiger partial charge in [-0.2, -0.15) is 5.10 Å². The second-order valence-electron chi connectivity index (χ2n) is 4.91. The first-order valence-corrected chi connectivity index (χ1v) is 8.08. The molecule has 2 N–H and O–H groups in total. The highest BCUT2D eigenvalue weighted by Gasteiger charge is 2.31. The Morgan fingerprint density at radius 2 is 2.05 bits per heavy atom. The topological polar surface area (TPSA) is 84.2 Å². The number of aliphatic hydroxyl groups is 1. The maximum absolute atomic E-state index is 12.3. The average Bonchev–Trinajstić information content (AvgIpc) is 2.56. The minimum Gasteiger partial charge on any atom is -0.391 e. The summed E-state index contributed by atoms with van der Waals surface area (Å²) in [7, 11) is -2.17. The Balaban J connectivity index is 2.27. The zero-order chi connectivity index (χ0) is 14.2. The lowest BCUT2D eigenvalue weighted by molar-refractivity contribution is 0.101. The highest BCUT2D eigenvalue weighted by Crippen LogP contribution is 2.26. The molecule has 0 saturated heterocycles. The van der Waals surface area contributed by atoms with Crippen molar-refractivity contribution >= 4 is 21.6 Å². The minimum absolute atomic E-state index is 0.00515. The highest BCUT2D eigenvalue weighted by molar-refractivity contribution is 7.89. The fourth-order valence-corrected chi connectivity index (χ4v) is 4.48. The molecule has 1 fully saturated rings. The van der Waals surface area contributed by atoms with E-state index in [9.17, 15) is 13.5 Å². The molecule has 1 aliphatic carbocycles. The van der Waals surface area contributed by atoms with Crippen molar-refractivity contribution < 1.29 is 13.5 Å². The third-order valence-electron chi connectivity index (χ3n) is 3.40. The van der Waals surface area contributed by atoms with Crippen LogP contribution in [0.2, 0.25) is 5.15 Å². The smallest absolute Gasteiger partial charge is 0.245 e. The maximum Gasteiger partial charge on any atom is 0.245 e. The van der Waals surface area contributed by atoms with E-state index in [1.807, 2.05) is 0 Å². The van der Waals surface area contributed by atoms with Gasteiger partial charge in [-0.25, -0.2) is 13.1 Å². The Bertz CT molecular complexity index is 570. The largest absolute Gasteiger partial charge is 0.391 e. The van der Waals surface area contributed by atoms with Gasteiger partial charge in [-0.15, -0.1) is 0 Å². The van der Waals surface area contributed by atoms with Gasteiger partial charge in [-0.05, 0) is 19.8 Å². The van der Waals surface area contributed by atoms with E-state index in [1.54, 1.807) is 14.0 Å². The standard InChI is InChI=1S/C11H18ClN3O3S/c1-7-10(11(12)15(2)13-7)19(17,18)14-8-5-3-4-6-9(8)16/h8-9,14,16H,3-6H2,1-2H3. The summed E-state index contributed by atoms with van der Waals surface area (Å²) in [5.41, 5.74) is 0.352. The van der Waals surface area contributed by atoms with Crippen molar-refractivity contribution in [2.45, 2.75) is 49.6 Å². The lowest BCUT2D eigenvalue weighted by Crippen LogP contribution is -2.45. The second-order valence-corrected chi connectivity index (χ2v) is 6.92. The number of aryl methyl sites for hydroxylation is 2. The van der Waals surface area contributed by atoms with Gasteiger partial charge in [0.05, 0.1) is 11.8 Å². The Morgan fingerprint density at radius 3 is 2.58 bits per heavy atom. The molecule has 1 heterocycles. The number of hydrogen-bond donors (Lipinski definition) is 2. The van der Waals surface area contributed by atoms with Crippen LogP contribution in [0.25, 0.3) is 0 Å². The first-order valence-electron chi connectivity index (χ1n) is 6.22. The monoisotopic (exact) mass is 307 g/mol. The molecule has 6 nitrogen and oxygen atoms in total. The van der Waals surface area contributed by atoms with E-state index in [-0.39, 0.29) is 10.0 Å². The number of aromatic nitrogens is 2. The summed E-state index contributed by atoms with van der Waals surface area (Å²) in [5.74, 6) is 0. The van der Waals surface area contributed by atoms with Gasteiger partial charge in [-0.1, -0.05) is 24.4 Å². The van der Waals surface area contributed by atoms with Crippen molar-refractivity contribution in [1.82, 2.24) is 14.5 Å². The van der Waals surface area contributed by atoms with E-state index in [2.05, 4.69) is 9.82 Å². The lowest BCUT2D eigenvalue weighted by atomic mass is 9.93. The van der Waals surface area contributed by atoms with E-state index in [0.717, 1.165) is 12.8 Å². The number of rotatable bonds is 3. The molecule has 2 unspecified atom stereocenters. The van der Waals surface area contributed by atoms with Gasteiger partial charge in [0, 0.05) is 13.1 Å².